The number of carboxylic acid groups (broad SMARTS) is 1. The number of carbonyl (C=O) groups is 1. The van der Waals surface area contributed by atoms with Gasteiger partial charge in [0.15, 0.2) is 0 Å². The van der Waals surface area contributed by atoms with Crippen LogP contribution in [0.15, 0.2) is 60.8 Å². The van der Waals surface area contributed by atoms with Crippen molar-refractivity contribution in [1.29, 1.82) is 0 Å². The number of aliphatic carboxylic acids is 1. The van der Waals surface area contributed by atoms with Crippen LogP contribution >= 0.6 is 0 Å². The van der Waals surface area contributed by atoms with Crippen LogP contribution in [0.5, 0.6) is 0 Å². The van der Waals surface area contributed by atoms with Gasteiger partial charge in [0.05, 0.1) is 6.10 Å². The van der Waals surface area contributed by atoms with Crippen molar-refractivity contribution < 1.29 is 15.0 Å². The first-order valence-corrected chi connectivity index (χ1v) is 9.35. The quantitative estimate of drug-likeness (QED) is 0.226. The molecule has 2 N–H and O–H groups in total. The largest absolute Gasteiger partial charge is 0.481 e. The average molecular weight is 347 g/mol. The van der Waals surface area contributed by atoms with Crippen LogP contribution in [-0.2, 0) is 4.79 Å². The van der Waals surface area contributed by atoms with Crippen molar-refractivity contribution in [1.82, 2.24) is 0 Å². The highest BCUT2D eigenvalue weighted by Gasteiger charge is 1.96. The molecule has 140 valence electrons. The van der Waals surface area contributed by atoms with Gasteiger partial charge in [0.2, 0.25) is 0 Å². The molecule has 0 aromatic rings. The van der Waals surface area contributed by atoms with E-state index in [1.807, 2.05) is 30.4 Å². The minimum absolute atomic E-state index is 0.198. The summed E-state index contributed by atoms with van der Waals surface area (Å²) < 4.78 is 0. The maximum absolute atomic E-state index is 10.3. The molecular formula is C22H34O3. The molecule has 1 unspecified atom stereocenters. The minimum Gasteiger partial charge on any atom is -0.481 e. The summed E-state index contributed by atoms with van der Waals surface area (Å²) in [5.41, 5.74) is 0. The number of unbranched alkanes of at least 4 members (excludes halogenated alkanes) is 2. The molecule has 0 saturated carbocycles. The van der Waals surface area contributed by atoms with Crippen molar-refractivity contribution in [3.8, 4) is 0 Å². The molecule has 0 aliphatic heterocycles. The summed E-state index contributed by atoms with van der Waals surface area (Å²) in [5.74, 6) is -0.752. The molecule has 0 heterocycles. The molecule has 0 aromatic carbocycles. The standard InChI is InChI=1S/C22H34O3/c1-2-3-15-18-21(23)19-16-13-11-9-7-5-4-6-8-10-12-14-17-20-22(24)25/h5-8,11-14,16,19,21,23H,2-4,9-10,15,17-18,20H2,1H3,(H,24,25)/b7-5-,8-6-,13-11-,14-12-,19-16+. The third kappa shape index (κ3) is 20.1. The van der Waals surface area contributed by atoms with E-state index in [4.69, 9.17) is 5.11 Å². The zero-order chi connectivity index (χ0) is 18.6. The number of hydrogen-bond acceptors (Lipinski definition) is 2. The van der Waals surface area contributed by atoms with Gasteiger partial charge in [0.25, 0.3) is 0 Å². The highest BCUT2D eigenvalue weighted by atomic mass is 16.4. The van der Waals surface area contributed by atoms with Gasteiger partial charge >= 0.3 is 5.97 Å². The Bertz CT molecular complexity index is 456. The Morgan fingerprint density at radius 3 is 2.08 bits per heavy atom. The lowest BCUT2D eigenvalue weighted by Gasteiger charge is -2.02. The highest BCUT2D eigenvalue weighted by molar-refractivity contribution is 5.66. The van der Waals surface area contributed by atoms with E-state index in [-0.39, 0.29) is 12.5 Å². The minimum atomic E-state index is -0.752. The first kappa shape index (κ1) is 23.1. The van der Waals surface area contributed by atoms with Gasteiger partial charge in [-0.05, 0) is 32.1 Å². The van der Waals surface area contributed by atoms with Crippen LogP contribution in [0.4, 0.5) is 0 Å². The van der Waals surface area contributed by atoms with E-state index in [9.17, 15) is 9.90 Å². The second kappa shape index (κ2) is 18.5. The van der Waals surface area contributed by atoms with Crippen LogP contribution in [0.2, 0.25) is 0 Å². The van der Waals surface area contributed by atoms with Crippen molar-refractivity contribution in [2.75, 3.05) is 0 Å². The predicted octanol–water partition coefficient (Wildman–Crippen LogP) is 5.74. The average Bonchev–Trinajstić information content (AvgIpc) is 2.58. The van der Waals surface area contributed by atoms with Gasteiger partial charge in [-0.15, -0.1) is 0 Å². The Balaban J connectivity index is 3.61. The summed E-state index contributed by atoms with van der Waals surface area (Å²) in [4.78, 5) is 10.3. The molecule has 0 aromatic heterocycles. The molecule has 0 bridgehead atoms. The van der Waals surface area contributed by atoms with Crippen LogP contribution in [0.1, 0.15) is 64.7 Å². The normalized spacial score (nSPS) is 14.0. The number of aliphatic hydroxyl groups excluding tert-OH is 1. The molecule has 0 spiro atoms. The number of aliphatic hydroxyl groups is 1. The van der Waals surface area contributed by atoms with Gasteiger partial charge < -0.3 is 10.2 Å². The van der Waals surface area contributed by atoms with Crippen molar-refractivity contribution in [3.63, 3.8) is 0 Å². The number of hydrogen-bond donors (Lipinski definition) is 2. The maximum Gasteiger partial charge on any atom is 0.303 e. The second-order valence-corrected chi connectivity index (χ2v) is 5.93. The molecule has 0 amide bonds. The van der Waals surface area contributed by atoms with Gasteiger partial charge in [-0.25, -0.2) is 0 Å². The Morgan fingerprint density at radius 1 is 0.880 bits per heavy atom. The Hall–Kier alpha value is -1.87. The SMILES string of the molecule is CCCCCC(O)/C=C/C=C\C/C=C\C/C=C\C/C=C\CCC(=O)O. The van der Waals surface area contributed by atoms with Crippen molar-refractivity contribution in [2.45, 2.75) is 70.8 Å². The molecule has 0 rings (SSSR count). The fraction of sp³-hybridized carbons (Fsp3) is 0.500. The summed E-state index contributed by atoms with van der Waals surface area (Å²) in [5, 5.41) is 18.2. The van der Waals surface area contributed by atoms with Crippen LogP contribution < -0.4 is 0 Å². The zero-order valence-corrected chi connectivity index (χ0v) is 15.5. The summed E-state index contributed by atoms with van der Waals surface area (Å²) in [6, 6.07) is 0. The van der Waals surface area contributed by atoms with Crippen molar-refractivity contribution in [2.24, 2.45) is 0 Å². The lowest BCUT2D eigenvalue weighted by Crippen LogP contribution is -2.00. The lowest BCUT2D eigenvalue weighted by molar-refractivity contribution is -0.136. The molecule has 0 aliphatic rings. The smallest absolute Gasteiger partial charge is 0.303 e. The molecule has 3 nitrogen and oxygen atoms in total. The van der Waals surface area contributed by atoms with Crippen molar-refractivity contribution in [3.05, 3.63) is 60.8 Å². The molecule has 0 aliphatic carbocycles. The van der Waals surface area contributed by atoms with Gasteiger partial charge in [0.1, 0.15) is 0 Å². The monoisotopic (exact) mass is 346 g/mol. The first-order chi connectivity index (χ1) is 12.2. The van der Waals surface area contributed by atoms with E-state index < -0.39 is 5.97 Å². The fourth-order valence-corrected chi connectivity index (χ4v) is 2.09. The summed E-state index contributed by atoms with van der Waals surface area (Å²) in [7, 11) is 0. The van der Waals surface area contributed by atoms with E-state index in [2.05, 4.69) is 37.3 Å². The van der Waals surface area contributed by atoms with E-state index in [1.54, 1.807) is 0 Å². The lowest BCUT2D eigenvalue weighted by atomic mass is 10.1. The number of carboxylic acids is 1. The summed E-state index contributed by atoms with van der Waals surface area (Å²) in [6.45, 7) is 2.16. The van der Waals surface area contributed by atoms with Crippen LogP contribution in [0.3, 0.4) is 0 Å². The molecule has 3 heteroatoms. The Morgan fingerprint density at radius 2 is 1.48 bits per heavy atom. The van der Waals surface area contributed by atoms with E-state index >= 15 is 0 Å². The van der Waals surface area contributed by atoms with Crippen LogP contribution in [0, 0.1) is 0 Å². The highest BCUT2D eigenvalue weighted by Crippen LogP contribution is 2.04. The third-order valence-electron chi connectivity index (χ3n) is 3.53. The predicted molar refractivity (Wildman–Crippen MR) is 107 cm³/mol. The van der Waals surface area contributed by atoms with Gasteiger partial charge in [0, 0.05) is 6.42 Å². The van der Waals surface area contributed by atoms with Crippen molar-refractivity contribution >= 4 is 5.97 Å². The summed E-state index contributed by atoms with van der Waals surface area (Å²) >= 11 is 0. The van der Waals surface area contributed by atoms with Crippen LogP contribution in [0.25, 0.3) is 0 Å². The zero-order valence-electron chi connectivity index (χ0n) is 15.5. The second-order valence-electron chi connectivity index (χ2n) is 5.93. The van der Waals surface area contributed by atoms with Gasteiger partial charge in [-0.3, -0.25) is 4.79 Å². The van der Waals surface area contributed by atoms with E-state index in [0.29, 0.717) is 6.42 Å². The van der Waals surface area contributed by atoms with Crippen LogP contribution in [-0.4, -0.2) is 22.3 Å². The molecule has 0 saturated heterocycles. The third-order valence-corrected chi connectivity index (χ3v) is 3.53. The number of allylic oxidation sites excluding steroid dienone is 9. The molecule has 1 atom stereocenters. The van der Waals surface area contributed by atoms with Gasteiger partial charge in [-0.1, -0.05) is 86.9 Å². The van der Waals surface area contributed by atoms with Gasteiger partial charge in [-0.2, -0.15) is 0 Å². The molecule has 25 heavy (non-hydrogen) atoms. The first-order valence-electron chi connectivity index (χ1n) is 9.35. The maximum atomic E-state index is 10.3. The Kier molecular flexibility index (Phi) is 17.1. The fourth-order valence-electron chi connectivity index (χ4n) is 2.09. The topological polar surface area (TPSA) is 57.5 Å². The summed E-state index contributed by atoms with van der Waals surface area (Å²) in [6.07, 6.45) is 27.6. The molecule has 0 radical (unpaired) electrons. The Labute approximate surface area is 153 Å². The number of rotatable bonds is 15. The van der Waals surface area contributed by atoms with E-state index in [1.165, 1.54) is 12.8 Å². The molecular weight excluding hydrogens is 312 g/mol. The molecule has 0 fully saturated rings. The van der Waals surface area contributed by atoms with E-state index in [0.717, 1.165) is 32.1 Å².